The summed E-state index contributed by atoms with van der Waals surface area (Å²) in [5.74, 6) is 1.98. The first kappa shape index (κ1) is 18.5. The highest BCUT2D eigenvalue weighted by molar-refractivity contribution is 7.99. The second-order valence-corrected chi connectivity index (χ2v) is 7.47. The smallest absolute Gasteiger partial charge is 0.234 e. The van der Waals surface area contributed by atoms with Crippen LogP contribution in [0.4, 0.5) is 5.69 Å². The fourth-order valence-corrected chi connectivity index (χ4v) is 3.34. The van der Waals surface area contributed by atoms with Gasteiger partial charge in [0.25, 0.3) is 0 Å². The van der Waals surface area contributed by atoms with Crippen LogP contribution in [0.3, 0.4) is 0 Å². The molecule has 0 spiro atoms. The van der Waals surface area contributed by atoms with E-state index in [9.17, 15) is 4.79 Å². The Morgan fingerprint density at radius 3 is 2.25 bits per heavy atom. The number of thioether (sulfide) groups is 1. The standard InChI is InChI=1S/C20H26N2OS/c1-14(2)17-9-7-10-18(15(3)4)20(17)22-19(23)13-24-12-16-8-5-6-11-21-16/h5-11,14-15H,12-13H2,1-4H3,(H,22,23). The zero-order valence-corrected chi connectivity index (χ0v) is 15.7. The summed E-state index contributed by atoms with van der Waals surface area (Å²) in [7, 11) is 0. The molecule has 1 aromatic heterocycles. The lowest BCUT2D eigenvalue weighted by Crippen LogP contribution is -2.17. The Bertz CT molecular complexity index is 642. The first-order valence-electron chi connectivity index (χ1n) is 8.39. The predicted octanol–water partition coefficient (Wildman–Crippen LogP) is 5.20. The number of para-hydroxylation sites is 1. The minimum atomic E-state index is 0.0472. The molecule has 3 nitrogen and oxygen atoms in total. The van der Waals surface area contributed by atoms with Crippen molar-refractivity contribution < 1.29 is 4.79 Å². The van der Waals surface area contributed by atoms with Gasteiger partial charge < -0.3 is 5.32 Å². The van der Waals surface area contributed by atoms with Gasteiger partial charge in [0.2, 0.25) is 5.91 Å². The molecule has 1 N–H and O–H groups in total. The van der Waals surface area contributed by atoms with Gasteiger partial charge in [0.1, 0.15) is 0 Å². The van der Waals surface area contributed by atoms with Crippen molar-refractivity contribution in [2.75, 3.05) is 11.1 Å². The molecule has 0 bridgehead atoms. The first-order chi connectivity index (χ1) is 11.5. The van der Waals surface area contributed by atoms with Crippen LogP contribution in [0, 0.1) is 0 Å². The highest BCUT2D eigenvalue weighted by Gasteiger charge is 2.15. The molecule has 0 aliphatic rings. The monoisotopic (exact) mass is 342 g/mol. The molecule has 2 rings (SSSR count). The van der Waals surface area contributed by atoms with E-state index in [0.717, 1.165) is 17.1 Å². The number of rotatable bonds is 7. The van der Waals surface area contributed by atoms with Crippen molar-refractivity contribution in [1.82, 2.24) is 4.98 Å². The lowest BCUT2D eigenvalue weighted by molar-refractivity contribution is -0.113. The molecule has 4 heteroatoms. The van der Waals surface area contributed by atoms with Crippen LogP contribution in [0.5, 0.6) is 0 Å². The van der Waals surface area contributed by atoms with Gasteiger partial charge in [-0.2, -0.15) is 0 Å². The summed E-state index contributed by atoms with van der Waals surface area (Å²) in [4.78, 5) is 16.7. The molecular weight excluding hydrogens is 316 g/mol. The molecule has 0 atom stereocenters. The highest BCUT2D eigenvalue weighted by atomic mass is 32.2. The van der Waals surface area contributed by atoms with Crippen LogP contribution in [0.25, 0.3) is 0 Å². The summed E-state index contributed by atoms with van der Waals surface area (Å²) in [5, 5.41) is 3.15. The van der Waals surface area contributed by atoms with Crippen LogP contribution in [-0.4, -0.2) is 16.6 Å². The Kier molecular flexibility index (Phi) is 6.85. The van der Waals surface area contributed by atoms with Gasteiger partial charge in [-0.3, -0.25) is 9.78 Å². The number of pyridine rings is 1. The van der Waals surface area contributed by atoms with Gasteiger partial charge in [-0.05, 0) is 35.1 Å². The van der Waals surface area contributed by atoms with Gasteiger partial charge in [-0.25, -0.2) is 0 Å². The number of amides is 1. The van der Waals surface area contributed by atoms with Gasteiger partial charge in [0.15, 0.2) is 0 Å². The lowest BCUT2D eigenvalue weighted by atomic mass is 9.92. The largest absolute Gasteiger partial charge is 0.325 e. The number of aromatic nitrogens is 1. The summed E-state index contributed by atoms with van der Waals surface area (Å²) >= 11 is 1.59. The fraction of sp³-hybridized carbons (Fsp3) is 0.400. The second-order valence-electron chi connectivity index (χ2n) is 6.48. The van der Waals surface area contributed by atoms with Crippen LogP contribution < -0.4 is 5.32 Å². The van der Waals surface area contributed by atoms with Crippen LogP contribution in [0.15, 0.2) is 42.6 Å². The minimum absolute atomic E-state index is 0.0472. The maximum absolute atomic E-state index is 12.4. The normalized spacial score (nSPS) is 11.1. The van der Waals surface area contributed by atoms with Crippen molar-refractivity contribution in [3.8, 4) is 0 Å². The number of hydrogen-bond acceptors (Lipinski definition) is 3. The molecule has 128 valence electrons. The zero-order chi connectivity index (χ0) is 17.5. The predicted molar refractivity (Wildman–Crippen MR) is 104 cm³/mol. The topological polar surface area (TPSA) is 42.0 Å². The van der Waals surface area contributed by atoms with E-state index in [1.165, 1.54) is 11.1 Å². The number of anilines is 1. The molecule has 24 heavy (non-hydrogen) atoms. The SMILES string of the molecule is CC(C)c1cccc(C(C)C)c1NC(=O)CSCc1ccccn1. The van der Waals surface area contributed by atoms with Crippen LogP contribution in [0.2, 0.25) is 0 Å². The van der Waals surface area contributed by atoms with E-state index in [1.54, 1.807) is 18.0 Å². The van der Waals surface area contributed by atoms with E-state index in [-0.39, 0.29) is 5.91 Å². The average Bonchev–Trinajstić information content (AvgIpc) is 2.55. The molecule has 2 aromatic rings. The summed E-state index contributed by atoms with van der Waals surface area (Å²) in [5.41, 5.74) is 4.39. The summed E-state index contributed by atoms with van der Waals surface area (Å²) < 4.78 is 0. The van der Waals surface area contributed by atoms with E-state index in [4.69, 9.17) is 0 Å². The molecule has 0 unspecified atom stereocenters. The van der Waals surface area contributed by atoms with Crippen molar-refractivity contribution in [2.24, 2.45) is 0 Å². The quantitative estimate of drug-likeness (QED) is 0.752. The summed E-state index contributed by atoms with van der Waals surface area (Å²) in [6.07, 6.45) is 1.78. The van der Waals surface area contributed by atoms with E-state index in [2.05, 4.69) is 56.2 Å². The average molecular weight is 343 g/mol. The summed E-state index contributed by atoms with van der Waals surface area (Å²) in [6.45, 7) is 8.63. The maximum Gasteiger partial charge on any atom is 0.234 e. The second kappa shape index (κ2) is 8.88. The molecule has 0 aliphatic carbocycles. The Morgan fingerprint density at radius 2 is 1.71 bits per heavy atom. The number of carbonyl (C=O) groups excluding carboxylic acids is 1. The molecule has 1 heterocycles. The Morgan fingerprint density at radius 1 is 1.04 bits per heavy atom. The number of nitrogens with one attached hydrogen (secondary N) is 1. The van der Waals surface area contributed by atoms with E-state index in [0.29, 0.717) is 17.6 Å². The number of carbonyl (C=O) groups is 1. The third kappa shape index (κ3) is 5.10. The van der Waals surface area contributed by atoms with Crippen molar-refractivity contribution in [1.29, 1.82) is 0 Å². The summed E-state index contributed by atoms with van der Waals surface area (Å²) in [6, 6.07) is 12.1. The van der Waals surface area contributed by atoms with E-state index < -0.39 is 0 Å². The molecule has 0 saturated heterocycles. The molecule has 1 amide bonds. The fourth-order valence-electron chi connectivity index (χ4n) is 2.60. The van der Waals surface area contributed by atoms with E-state index in [1.807, 2.05) is 18.2 Å². The Hall–Kier alpha value is -1.81. The number of benzene rings is 1. The molecule has 1 aromatic carbocycles. The number of hydrogen-bond donors (Lipinski definition) is 1. The van der Waals surface area contributed by atoms with Gasteiger partial charge in [-0.1, -0.05) is 52.0 Å². The van der Waals surface area contributed by atoms with Crippen LogP contribution >= 0.6 is 11.8 Å². The van der Waals surface area contributed by atoms with Gasteiger partial charge >= 0.3 is 0 Å². The Labute approximate surface area is 149 Å². The minimum Gasteiger partial charge on any atom is -0.325 e. The van der Waals surface area contributed by atoms with Crippen molar-refractivity contribution in [3.05, 3.63) is 59.4 Å². The van der Waals surface area contributed by atoms with Crippen LogP contribution in [0.1, 0.15) is 56.4 Å². The molecule has 0 aliphatic heterocycles. The third-order valence-electron chi connectivity index (χ3n) is 3.85. The van der Waals surface area contributed by atoms with Gasteiger partial charge in [-0.15, -0.1) is 11.8 Å². The zero-order valence-electron chi connectivity index (χ0n) is 14.9. The third-order valence-corrected chi connectivity index (χ3v) is 4.81. The van der Waals surface area contributed by atoms with Gasteiger partial charge in [0.05, 0.1) is 11.4 Å². The van der Waals surface area contributed by atoms with Gasteiger partial charge in [0, 0.05) is 17.6 Å². The van der Waals surface area contributed by atoms with Crippen molar-refractivity contribution in [2.45, 2.75) is 45.3 Å². The first-order valence-corrected chi connectivity index (χ1v) is 9.54. The van der Waals surface area contributed by atoms with Crippen molar-refractivity contribution >= 4 is 23.4 Å². The number of nitrogens with zero attached hydrogens (tertiary/aromatic N) is 1. The van der Waals surface area contributed by atoms with E-state index >= 15 is 0 Å². The molecular formula is C20H26N2OS. The molecule has 0 fully saturated rings. The highest BCUT2D eigenvalue weighted by Crippen LogP contribution is 2.32. The van der Waals surface area contributed by atoms with Crippen LogP contribution in [-0.2, 0) is 10.5 Å². The molecule has 0 radical (unpaired) electrons. The van der Waals surface area contributed by atoms with Crippen molar-refractivity contribution in [3.63, 3.8) is 0 Å². The lowest BCUT2D eigenvalue weighted by Gasteiger charge is -2.20. The molecule has 0 saturated carbocycles. The maximum atomic E-state index is 12.4. The Balaban J connectivity index is 2.02.